The standard InChI is InChI=1S/C24H22ClN3O4/c1-15-5-4-6-16(11-15)14-26-28-24(30)19-13-18(25)8-9-20(19)27-23(29)17-7-10-21(31-2)22(12-17)32-3/h4-14H,1-3H3,(H,27,29)(H,28,30). The lowest BCUT2D eigenvalue weighted by molar-refractivity contribution is 0.0956. The minimum absolute atomic E-state index is 0.174. The van der Waals surface area contributed by atoms with Gasteiger partial charge in [-0.1, -0.05) is 41.4 Å². The van der Waals surface area contributed by atoms with Gasteiger partial charge in [0.15, 0.2) is 11.5 Å². The zero-order valence-corrected chi connectivity index (χ0v) is 18.6. The molecule has 0 atom stereocenters. The van der Waals surface area contributed by atoms with Gasteiger partial charge in [0.25, 0.3) is 11.8 Å². The lowest BCUT2D eigenvalue weighted by Crippen LogP contribution is -2.21. The maximum absolute atomic E-state index is 12.8. The number of carbonyl (C=O) groups excluding carboxylic acids is 2. The molecule has 3 aromatic rings. The van der Waals surface area contributed by atoms with Crippen LogP contribution in [-0.2, 0) is 0 Å². The molecule has 2 N–H and O–H groups in total. The van der Waals surface area contributed by atoms with E-state index in [4.69, 9.17) is 21.1 Å². The molecule has 0 heterocycles. The molecule has 0 radical (unpaired) electrons. The van der Waals surface area contributed by atoms with Crippen LogP contribution in [-0.4, -0.2) is 32.2 Å². The number of rotatable bonds is 7. The Bertz CT molecular complexity index is 1180. The summed E-state index contributed by atoms with van der Waals surface area (Å²) in [5, 5.41) is 7.08. The number of aryl methyl sites for hydroxylation is 1. The van der Waals surface area contributed by atoms with E-state index in [-0.39, 0.29) is 11.3 Å². The zero-order valence-electron chi connectivity index (χ0n) is 17.8. The van der Waals surface area contributed by atoms with E-state index < -0.39 is 11.8 Å². The minimum atomic E-state index is -0.515. The van der Waals surface area contributed by atoms with Gasteiger partial charge < -0.3 is 14.8 Å². The molecule has 0 fully saturated rings. The molecular weight excluding hydrogens is 430 g/mol. The summed E-state index contributed by atoms with van der Waals surface area (Å²) in [6.07, 6.45) is 1.54. The maximum Gasteiger partial charge on any atom is 0.273 e. The van der Waals surface area contributed by atoms with Crippen molar-refractivity contribution in [3.8, 4) is 11.5 Å². The Morgan fingerprint density at radius 1 is 0.938 bits per heavy atom. The van der Waals surface area contributed by atoms with E-state index in [1.165, 1.54) is 26.5 Å². The molecule has 0 aromatic heterocycles. The normalized spacial score (nSPS) is 10.6. The maximum atomic E-state index is 12.8. The summed E-state index contributed by atoms with van der Waals surface area (Å²) in [5.41, 5.74) is 5.19. The molecule has 7 nitrogen and oxygen atoms in total. The summed E-state index contributed by atoms with van der Waals surface area (Å²) in [5.74, 6) is -0.0219. The van der Waals surface area contributed by atoms with Crippen molar-refractivity contribution < 1.29 is 19.1 Å². The molecule has 0 aliphatic heterocycles. The average molecular weight is 452 g/mol. The van der Waals surface area contributed by atoms with Crippen molar-refractivity contribution in [2.24, 2.45) is 5.10 Å². The van der Waals surface area contributed by atoms with Crippen LogP contribution in [0, 0.1) is 6.92 Å². The number of ether oxygens (including phenoxy) is 2. The molecule has 3 aromatic carbocycles. The quantitative estimate of drug-likeness (QED) is 0.403. The van der Waals surface area contributed by atoms with Crippen LogP contribution in [0.5, 0.6) is 11.5 Å². The summed E-state index contributed by atoms with van der Waals surface area (Å²) in [4.78, 5) is 25.5. The second kappa shape index (κ2) is 10.5. The first-order valence-corrected chi connectivity index (χ1v) is 10.0. The Kier molecular flexibility index (Phi) is 7.46. The lowest BCUT2D eigenvalue weighted by atomic mass is 10.1. The highest BCUT2D eigenvalue weighted by Crippen LogP contribution is 2.28. The number of anilines is 1. The van der Waals surface area contributed by atoms with Crippen molar-refractivity contribution in [1.29, 1.82) is 0 Å². The highest BCUT2D eigenvalue weighted by molar-refractivity contribution is 6.31. The summed E-state index contributed by atoms with van der Waals surface area (Å²) in [6.45, 7) is 1.97. The predicted octanol–water partition coefficient (Wildman–Crippen LogP) is 4.68. The van der Waals surface area contributed by atoms with Crippen molar-refractivity contribution in [1.82, 2.24) is 5.43 Å². The summed E-state index contributed by atoms with van der Waals surface area (Å²) < 4.78 is 10.4. The third kappa shape index (κ3) is 5.65. The number of nitrogens with one attached hydrogen (secondary N) is 2. The van der Waals surface area contributed by atoms with Crippen LogP contribution in [0.3, 0.4) is 0 Å². The van der Waals surface area contributed by atoms with Gasteiger partial charge in [-0.15, -0.1) is 0 Å². The molecule has 0 saturated carbocycles. The Morgan fingerprint density at radius 3 is 2.44 bits per heavy atom. The highest BCUT2D eigenvalue weighted by Gasteiger charge is 2.16. The van der Waals surface area contributed by atoms with Gasteiger partial charge in [0.2, 0.25) is 0 Å². The monoisotopic (exact) mass is 451 g/mol. The SMILES string of the molecule is COc1ccc(C(=O)Nc2ccc(Cl)cc2C(=O)NN=Cc2cccc(C)c2)cc1OC. The molecule has 0 aliphatic carbocycles. The molecule has 32 heavy (non-hydrogen) atoms. The van der Waals surface area contributed by atoms with E-state index in [1.54, 1.807) is 30.3 Å². The summed E-state index contributed by atoms with van der Waals surface area (Å²) in [7, 11) is 3.00. The highest BCUT2D eigenvalue weighted by atomic mass is 35.5. The zero-order chi connectivity index (χ0) is 23.1. The van der Waals surface area contributed by atoms with Crippen LogP contribution in [0.2, 0.25) is 5.02 Å². The van der Waals surface area contributed by atoms with E-state index in [2.05, 4.69) is 15.8 Å². The third-order valence-electron chi connectivity index (χ3n) is 4.54. The summed E-state index contributed by atoms with van der Waals surface area (Å²) >= 11 is 6.07. The van der Waals surface area contributed by atoms with Crippen LogP contribution in [0.1, 0.15) is 31.8 Å². The molecule has 164 valence electrons. The number of amides is 2. The number of carbonyl (C=O) groups is 2. The van der Waals surface area contributed by atoms with Gasteiger partial charge in [-0.3, -0.25) is 9.59 Å². The van der Waals surface area contributed by atoms with E-state index in [1.807, 2.05) is 31.2 Å². The van der Waals surface area contributed by atoms with Crippen LogP contribution < -0.4 is 20.2 Å². The van der Waals surface area contributed by atoms with Crippen molar-refractivity contribution >= 4 is 35.3 Å². The van der Waals surface area contributed by atoms with Gasteiger partial charge in [-0.25, -0.2) is 5.43 Å². The van der Waals surface area contributed by atoms with Gasteiger partial charge in [0.05, 0.1) is 31.7 Å². The predicted molar refractivity (Wildman–Crippen MR) is 125 cm³/mol. The van der Waals surface area contributed by atoms with Crippen molar-refractivity contribution in [2.45, 2.75) is 6.92 Å². The minimum Gasteiger partial charge on any atom is -0.493 e. The number of halogens is 1. The van der Waals surface area contributed by atoms with Crippen LogP contribution in [0.25, 0.3) is 0 Å². The number of benzene rings is 3. The molecule has 0 bridgehead atoms. The van der Waals surface area contributed by atoms with Gasteiger partial charge in [-0.05, 0) is 48.9 Å². The molecule has 0 unspecified atom stereocenters. The largest absolute Gasteiger partial charge is 0.493 e. The second-order valence-corrected chi connectivity index (χ2v) is 7.26. The Hall–Kier alpha value is -3.84. The second-order valence-electron chi connectivity index (χ2n) is 6.83. The molecule has 0 aliphatic rings. The van der Waals surface area contributed by atoms with Gasteiger partial charge >= 0.3 is 0 Å². The smallest absolute Gasteiger partial charge is 0.273 e. The fraction of sp³-hybridized carbons (Fsp3) is 0.125. The van der Waals surface area contributed by atoms with Crippen LogP contribution in [0.15, 0.2) is 65.8 Å². The van der Waals surface area contributed by atoms with Crippen molar-refractivity contribution in [3.05, 3.63) is 87.9 Å². The molecule has 0 spiro atoms. The molecule has 2 amide bonds. The topological polar surface area (TPSA) is 89.0 Å². The first-order valence-electron chi connectivity index (χ1n) is 9.64. The first kappa shape index (κ1) is 22.8. The van der Waals surface area contributed by atoms with E-state index in [0.717, 1.165) is 11.1 Å². The number of hydrogen-bond acceptors (Lipinski definition) is 5. The van der Waals surface area contributed by atoms with Gasteiger partial charge in [0.1, 0.15) is 0 Å². The lowest BCUT2D eigenvalue weighted by Gasteiger charge is -2.12. The van der Waals surface area contributed by atoms with E-state index in [0.29, 0.717) is 22.1 Å². The molecule has 8 heteroatoms. The number of methoxy groups -OCH3 is 2. The number of hydrazone groups is 1. The third-order valence-corrected chi connectivity index (χ3v) is 4.78. The molecule has 3 rings (SSSR count). The fourth-order valence-corrected chi connectivity index (χ4v) is 3.13. The van der Waals surface area contributed by atoms with Gasteiger partial charge in [0, 0.05) is 10.6 Å². The number of nitrogens with zero attached hydrogens (tertiary/aromatic N) is 1. The first-order chi connectivity index (χ1) is 15.4. The average Bonchev–Trinajstić information content (AvgIpc) is 2.79. The fourth-order valence-electron chi connectivity index (χ4n) is 2.96. The Morgan fingerprint density at radius 2 is 1.72 bits per heavy atom. The molecule has 0 saturated heterocycles. The van der Waals surface area contributed by atoms with Crippen molar-refractivity contribution in [3.63, 3.8) is 0 Å². The van der Waals surface area contributed by atoms with Gasteiger partial charge in [-0.2, -0.15) is 5.10 Å². The van der Waals surface area contributed by atoms with Crippen LogP contribution in [0.4, 0.5) is 5.69 Å². The van der Waals surface area contributed by atoms with E-state index in [9.17, 15) is 9.59 Å². The van der Waals surface area contributed by atoms with Crippen molar-refractivity contribution in [2.75, 3.05) is 19.5 Å². The van der Waals surface area contributed by atoms with Crippen LogP contribution >= 0.6 is 11.6 Å². The Labute approximate surface area is 191 Å². The van der Waals surface area contributed by atoms with E-state index >= 15 is 0 Å². The Balaban J connectivity index is 1.78. The number of hydrogen-bond donors (Lipinski definition) is 2. The summed E-state index contributed by atoms with van der Waals surface area (Å²) in [6, 6.07) is 17.0. The molecular formula is C24H22ClN3O4.